The van der Waals surface area contributed by atoms with E-state index in [9.17, 15) is 9.59 Å². The lowest BCUT2D eigenvalue weighted by atomic mass is 9.93. The summed E-state index contributed by atoms with van der Waals surface area (Å²) in [6.45, 7) is 12.2. The monoisotopic (exact) mass is 425 g/mol. The average molecular weight is 426 g/mol. The number of ketones is 2. The lowest BCUT2D eigenvalue weighted by Crippen LogP contribution is -2.33. The number of fused-ring (bicyclic) bond motifs is 2. The molecule has 0 saturated carbocycles. The summed E-state index contributed by atoms with van der Waals surface area (Å²) in [7, 11) is 0. The van der Waals surface area contributed by atoms with Crippen LogP contribution in [0.25, 0.3) is 10.9 Å². The molecule has 4 rings (SSSR count). The standard InChI is InChI=1S/C14H14NO.C14H15NO/c1-3-9-15-10-5-7-13-12(11(2)16)6-4-8-14(13)15;1-3-8-15-9-4-5-13-10-12(11(2)16)6-7-14(13)15/h3-8,10H,1,9H2,2H3;3-7,9-10,14H,1,8H2,2H3/q+1;. The number of benzene rings is 1. The molecular formula is C28H29N2O2+. The molecule has 1 aliphatic heterocycles. The van der Waals surface area contributed by atoms with Crippen LogP contribution >= 0.6 is 0 Å². The number of nitrogens with zero attached hydrogens (tertiary/aromatic N) is 2. The van der Waals surface area contributed by atoms with Gasteiger partial charge >= 0.3 is 0 Å². The lowest BCUT2D eigenvalue weighted by molar-refractivity contribution is -0.660. The summed E-state index contributed by atoms with van der Waals surface area (Å²) in [5, 5.41) is 0.999. The number of hydrogen-bond acceptors (Lipinski definition) is 3. The van der Waals surface area contributed by atoms with Crippen LogP contribution in [0.15, 0.2) is 110 Å². The van der Waals surface area contributed by atoms with Crippen LogP contribution in [0.1, 0.15) is 24.2 Å². The maximum absolute atomic E-state index is 11.5. The van der Waals surface area contributed by atoms with Crippen LogP contribution in [0.5, 0.6) is 0 Å². The Bertz CT molecular complexity index is 1180. The first kappa shape index (κ1) is 22.9. The second kappa shape index (κ2) is 10.5. The van der Waals surface area contributed by atoms with Crippen molar-refractivity contribution < 1.29 is 14.2 Å². The highest BCUT2D eigenvalue weighted by Gasteiger charge is 2.21. The fourth-order valence-electron chi connectivity index (χ4n) is 3.87. The minimum atomic E-state index is 0.0990. The van der Waals surface area contributed by atoms with Crippen LogP contribution in [0, 0.1) is 0 Å². The molecule has 4 heteroatoms. The number of Topliss-reactive ketones (excluding diaryl/α,β-unsaturated/α-hetero) is 2. The Morgan fingerprint density at radius 1 is 1.09 bits per heavy atom. The SMILES string of the molecule is C=CCN1C=CC=C2C=C(C(C)=O)C=CC21.C=CC[n+]1cccc2c(C(C)=O)cccc21. The maximum Gasteiger partial charge on any atom is 0.213 e. The van der Waals surface area contributed by atoms with Gasteiger partial charge in [-0.3, -0.25) is 9.59 Å². The Hall–Kier alpha value is -3.79. The van der Waals surface area contributed by atoms with Gasteiger partial charge in [-0.15, -0.1) is 6.58 Å². The highest BCUT2D eigenvalue weighted by atomic mass is 16.1. The van der Waals surface area contributed by atoms with Crippen molar-refractivity contribution >= 4 is 22.5 Å². The predicted molar refractivity (Wildman–Crippen MR) is 130 cm³/mol. The van der Waals surface area contributed by atoms with Crippen molar-refractivity contribution in [2.75, 3.05) is 6.54 Å². The van der Waals surface area contributed by atoms with Crippen LogP contribution in [0.4, 0.5) is 0 Å². The van der Waals surface area contributed by atoms with Gasteiger partial charge in [-0.25, -0.2) is 0 Å². The highest BCUT2D eigenvalue weighted by molar-refractivity contribution is 6.05. The number of carbonyl (C=O) groups is 2. The van der Waals surface area contributed by atoms with E-state index in [1.165, 1.54) is 0 Å². The number of allylic oxidation sites excluding steroid dienone is 5. The van der Waals surface area contributed by atoms with Crippen LogP contribution in [0.3, 0.4) is 0 Å². The Morgan fingerprint density at radius 3 is 2.59 bits per heavy atom. The summed E-state index contributed by atoms with van der Waals surface area (Å²) in [4.78, 5) is 25.0. The van der Waals surface area contributed by atoms with Crippen molar-refractivity contribution in [1.82, 2.24) is 4.90 Å². The second-order valence-corrected chi connectivity index (χ2v) is 7.70. The Kier molecular flexibility index (Phi) is 7.50. The average Bonchev–Trinajstić information content (AvgIpc) is 2.79. The van der Waals surface area contributed by atoms with E-state index in [1.54, 1.807) is 13.8 Å². The molecule has 1 unspecified atom stereocenters. The first-order valence-electron chi connectivity index (χ1n) is 10.6. The zero-order valence-corrected chi connectivity index (χ0v) is 18.7. The molecule has 1 aliphatic carbocycles. The van der Waals surface area contributed by atoms with E-state index in [0.29, 0.717) is 0 Å². The molecule has 0 spiro atoms. The molecule has 1 aromatic heterocycles. The maximum atomic E-state index is 11.5. The highest BCUT2D eigenvalue weighted by Crippen LogP contribution is 2.25. The fourth-order valence-corrected chi connectivity index (χ4v) is 3.87. The van der Waals surface area contributed by atoms with Crippen molar-refractivity contribution in [2.45, 2.75) is 26.4 Å². The molecular weight excluding hydrogens is 396 g/mol. The van der Waals surface area contributed by atoms with Crippen molar-refractivity contribution in [3.8, 4) is 0 Å². The topological polar surface area (TPSA) is 41.3 Å². The van der Waals surface area contributed by atoms with Gasteiger partial charge in [-0.1, -0.05) is 43.0 Å². The third-order valence-electron chi connectivity index (χ3n) is 5.42. The molecule has 0 N–H and O–H groups in total. The van der Waals surface area contributed by atoms with Crippen LogP contribution in [0.2, 0.25) is 0 Å². The van der Waals surface area contributed by atoms with Crippen molar-refractivity contribution in [3.05, 3.63) is 115 Å². The zero-order valence-electron chi connectivity index (χ0n) is 18.7. The number of pyridine rings is 1. The third kappa shape index (κ3) is 5.09. The van der Waals surface area contributed by atoms with Gasteiger partial charge in [0.25, 0.3) is 0 Å². The summed E-state index contributed by atoms with van der Waals surface area (Å²) in [6.07, 6.45) is 17.8. The first-order chi connectivity index (χ1) is 15.5. The van der Waals surface area contributed by atoms with Crippen molar-refractivity contribution in [2.24, 2.45) is 0 Å². The van der Waals surface area contributed by atoms with E-state index in [2.05, 4.69) is 34.8 Å². The largest absolute Gasteiger partial charge is 0.363 e. The van der Waals surface area contributed by atoms with E-state index in [1.807, 2.05) is 73.1 Å². The summed E-state index contributed by atoms with van der Waals surface area (Å²) in [5.74, 6) is 0.211. The van der Waals surface area contributed by atoms with Gasteiger partial charge in [0.05, 0.1) is 11.4 Å². The summed E-state index contributed by atoms with van der Waals surface area (Å²) in [6, 6.07) is 9.97. The quantitative estimate of drug-likeness (QED) is 0.376. The molecule has 4 nitrogen and oxygen atoms in total. The molecule has 1 atom stereocenters. The van der Waals surface area contributed by atoms with Gasteiger partial charge in [-0.2, -0.15) is 4.57 Å². The third-order valence-corrected chi connectivity index (χ3v) is 5.42. The molecule has 0 bridgehead atoms. The van der Waals surface area contributed by atoms with Crippen molar-refractivity contribution in [3.63, 3.8) is 0 Å². The van der Waals surface area contributed by atoms with Crippen LogP contribution < -0.4 is 4.57 Å². The van der Waals surface area contributed by atoms with Gasteiger partial charge in [-0.05, 0) is 43.7 Å². The lowest BCUT2D eigenvalue weighted by Gasteiger charge is -2.32. The summed E-state index contributed by atoms with van der Waals surface area (Å²) >= 11 is 0. The Morgan fingerprint density at radius 2 is 1.91 bits per heavy atom. The normalized spacial score (nSPS) is 16.3. The molecule has 2 aliphatic rings. The molecule has 2 heterocycles. The molecule has 0 amide bonds. The summed E-state index contributed by atoms with van der Waals surface area (Å²) < 4.78 is 2.08. The zero-order chi connectivity index (χ0) is 23.1. The molecule has 2 aromatic rings. The van der Waals surface area contributed by atoms with Gasteiger partial charge < -0.3 is 4.90 Å². The first-order valence-corrected chi connectivity index (χ1v) is 10.6. The Balaban J connectivity index is 0.000000181. The predicted octanol–water partition coefficient (Wildman–Crippen LogP) is 4.90. The van der Waals surface area contributed by atoms with Crippen LogP contribution in [-0.2, 0) is 11.3 Å². The molecule has 0 fully saturated rings. The number of carbonyl (C=O) groups excluding carboxylic acids is 2. The fraction of sp³-hybridized carbons (Fsp3) is 0.179. The van der Waals surface area contributed by atoms with Gasteiger partial charge in [0, 0.05) is 36.0 Å². The number of hydrogen-bond donors (Lipinski definition) is 0. The molecule has 1 aromatic carbocycles. The van der Waals surface area contributed by atoms with E-state index in [0.717, 1.165) is 40.7 Å². The number of rotatable bonds is 6. The van der Waals surface area contributed by atoms with Gasteiger partial charge in [0.1, 0.15) is 0 Å². The van der Waals surface area contributed by atoms with E-state index in [4.69, 9.17) is 0 Å². The smallest absolute Gasteiger partial charge is 0.213 e. The summed E-state index contributed by atoms with van der Waals surface area (Å²) in [5.41, 5.74) is 3.78. The minimum Gasteiger partial charge on any atom is -0.363 e. The molecule has 32 heavy (non-hydrogen) atoms. The van der Waals surface area contributed by atoms with Gasteiger partial charge in [0.2, 0.25) is 5.52 Å². The van der Waals surface area contributed by atoms with E-state index < -0.39 is 0 Å². The Labute approximate surface area is 189 Å². The van der Waals surface area contributed by atoms with E-state index in [-0.39, 0.29) is 17.6 Å². The minimum absolute atomic E-state index is 0.0990. The van der Waals surface area contributed by atoms with E-state index >= 15 is 0 Å². The van der Waals surface area contributed by atoms with Crippen LogP contribution in [-0.4, -0.2) is 29.1 Å². The number of aromatic nitrogens is 1. The second-order valence-electron chi connectivity index (χ2n) is 7.70. The van der Waals surface area contributed by atoms with Gasteiger partial charge in [0.15, 0.2) is 24.3 Å². The molecule has 0 radical (unpaired) electrons. The molecule has 162 valence electrons. The van der Waals surface area contributed by atoms with Crippen molar-refractivity contribution in [1.29, 1.82) is 0 Å². The molecule has 0 saturated heterocycles.